The first-order valence-corrected chi connectivity index (χ1v) is 9.35. The topological polar surface area (TPSA) is 55.1 Å². The van der Waals surface area contributed by atoms with E-state index in [1.807, 2.05) is 73.1 Å². The number of rotatable bonds is 3. The second kappa shape index (κ2) is 6.95. The Balaban J connectivity index is 1.54. The van der Waals surface area contributed by atoms with E-state index in [1.165, 1.54) is 5.69 Å². The molecule has 1 fully saturated rings. The minimum atomic E-state index is -0.0517. The number of hydrogen-bond acceptors (Lipinski definition) is 2. The van der Waals surface area contributed by atoms with E-state index in [0.717, 1.165) is 42.1 Å². The lowest BCUT2D eigenvalue weighted by Gasteiger charge is -2.25. The average molecular weight is 363 g/mol. The number of anilines is 1. The Morgan fingerprint density at radius 2 is 2.04 bits per heavy atom. The lowest BCUT2D eigenvalue weighted by molar-refractivity contribution is 0.205. The molecule has 1 atom stereocenters. The smallest absolute Gasteiger partial charge is 0.322 e. The number of aromatic nitrogens is 3. The molecule has 3 aromatic rings. The first-order valence-electron chi connectivity index (χ1n) is 9.35. The van der Waals surface area contributed by atoms with Crippen molar-refractivity contribution in [2.75, 3.05) is 11.9 Å². The Hall–Kier alpha value is -3.02. The highest BCUT2D eigenvalue weighted by Crippen LogP contribution is 2.32. The fourth-order valence-corrected chi connectivity index (χ4v) is 3.94. The van der Waals surface area contributed by atoms with E-state index >= 15 is 0 Å². The SMILES string of the molecule is Cc1cc(C)n(-c2cccc(NC(=O)N3CCCC3c3cccn3C)c2)n1. The number of benzene rings is 1. The van der Waals surface area contributed by atoms with Gasteiger partial charge in [-0.05, 0) is 63.1 Å². The predicted octanol–water partition coefficient (Wildman–Crippen LogP) is 4.20. The number of aryl methyl sites for hydroxylation is 3. The quantitative estimate of drug-likeness (QED) is 0.758. The summed E-state index contributed by atoms with van der Waals surface area (Å²) in [6, 6.07) is 14.1. The number of likely N-dealkylation sites (tertiary alicyclic amines) is 1. The number of nitrogens with zero attached hydrogens (tertiary/aromatic N) is 4. The van der Waals surface area contributed by atoms with E-state index in [1.54, 1.807) is 0 Å². The molecule has 1 aliphatic rings. The molecule has 1 unspecified atom stereocenters. The van der Waals surface area contributed by atoms with Crippen LogP contribution in [0.25, 0.3) is 5.69 Å². The Kier molecular flexibility index (Phi) is 4.48. The van der Waals surface area contributed by atoms with Crippen molar-refractivity contribution in [3.8, 4) is 5.69 Å². The van der Waals surface area contributed by atoms with E-state index in [2.05, 4.69) is 21.0 Å². The summed E-state index contributed by atoms with van der Waals surface area (Å²) in [6.07, 6.45) is 4.05. The second-order valence-corrected chi connectivity index (χ2v) is 7.21. The summed E-state index contributed by atoms with van der Waals surface area (Å²) in [7, 11) is 2.03. The van der Waals surface area contributed by atoms with Gasteiger partial charge in [0.2, 0.25) is 0 Å². The van der Waals surface area contributed by atoms with Crippen LogP contribution >= 0.6 is 0 Å². The fourth-order valence-electron chi connectivity index (χ4n) is 3.94. The van der Waals surface area contributed by atoms with Crippen LogP contribution in [0.2, 0.25) is 0 Å². The Morgan fingerprint density at radius 1 is 1.19 bits per heavy atom. The van der Waals surface area contributed by atoms with Crippen molar-refractivity contribution in [3.05, 3.63) is 65.7 Å². The molecular weight excluding hydrogens is 338 g/mol. The minimum Gasteiger partial charge on any atom is -0.353 e. The van der Waals surface area contributed by atoms with Crippen molar-refractivity contribution in [2.24, 2.45) is 7.05 Å². The lowest BCUT2D eigenvalue weighted by atomic mass is 10.1. The summed E-state index contributed by atoms with van der Waals surface area (Å²) in [6.45, 7) is 4.78. The van der Waals surface area contributed by atoms with Gasteiger partial charge in [0.05, 0.1) is 17.4 Å². The molecular formula is C21H25N5O. The highest BCUT2D eigenvalue weighted by molar-refractivity contribution is 5.90. The number of carbonyl (C=O) groups excluding carboxylic acids is 1. The van der Waals surface area contributed by atoms with Gasteiger partial charge in [0.1, 0.15) is 0 Å². The zero-order valence-corrected chi connectivity index (χ0v) is 16.0. The largest absolute Gasteiger partial charge is 0.353 e. The van der Waals surface area contributed by atoms with Gasteiger partial charge in [-0.3, -0.25) is 0 Å². The van der Waals surface area contributed by atoms with Crippen LogP contribution in [0.5, 0.6) is 0 Å². The van der Waals surface area contributed by atoms with Crippen molar-refractivity contribution in [2.45, 2.75) is 32.7 Å². The second-order valence-electron chi connectivity index (χ2n) is 7.21. The highest BCUT2D eigenvalue weighted by Gasteiger charge is 2.31. The predicted molar refractivity (Wildman–Crippen MR) is 106 cm³/mol. The lowest BCUT2D eigenvalue weighted by Crippen LogP contribution is -2.35. The van der Waals surface area contributed by atoms with Crippen molar-refractivity contribution in [1.82, 2.24) is 19.2 Å². The van der Waals surface area contributed by atoms with Crippen LogP contribution in [0.1, 0.15) is 36.0 Å². The van der Waals surface area contributed by atoms with Gasteiger partial charge in [0, 0.05) is 36.9 Å². The summed E-state index contributed by atoms with van der Waals surface area (Å²) in [5.41, 5.74) is 4.95. The molecule has 0 aliphatic carbocycles. The van der Waals surface area contributed by atoms with Gasteiger partial charge in [-0.2, -0.15) is 5.10 Å². The van der Waals surface area contributed by atoms with Crippen LogP contribution < -0.4 is 5.32 Å². The molecule has 1 N–H and O–H groups in total. The van der Waals surface area contributed by atoms with Crippen molar-refractivity contribution >= 4 is 11.7 Å². The van der Waals surface area contributed by atoms with Gasteiger partial charge in [-0.15, -0.1) is 0 Å². The maximum Gasteiger partial charge on any atom is 0.322 e. The third kappa shape index (κ3) is 3.35. The molecule has 0 saturated carbocycles. The summed E-state index contributed by atoms with van der Waals surface area (Å²) in [5, 5.41) is 7.59. The normalized spacial score (nSPS) is 16.7. The van der Waals surface area contributed by atoms with E-state index in [9.17, 15) is 4.79 Å². The molecule has 3 heterocycles. The van der Waals surface area contributed by atoms with E-state index in [4.69, 9.17) is 0 Å². The highest BCUT2D eigenvalue weighted by atomic mass is 16.2. The zero-order chi connectivity index (χ0) is 19.0. The molecule has 1 aromatic carbocycles. The van der Waals surface area contributed by atoms with Gasteiger partial charge in [0.25, 0.3) is 0 Å². The monoisotopic (exact) mass is 363 g/mol. The molecule has 6 heteroatoms. The third-order valence-corrected chi connectivity index (χ3v) is 5.19. The van der Waals surface area contributed by atoms with Crippen LogP contribution in [-0.4, -0.2) is 31.8 Å². The molecule has 6 nitrogen and oxygen atoms in total. The molecule has 0 radical (unpaired) electrons. The molecule has 140 valence electrons. The number of hydrogen-bond donors (Lipinski definition) is 1. The third-order valence-electron chi connectivity index (χ3n) is 5.19. The Morgan fingerprint density at radius 3 is 2.74 bits per heavy atom. The molecule has 0 spiro atoms. The number of carbonyl (C=O) groups is 1. The van der Waals surface area contributed by atoms with E-state index in [0.29, 0.717) is 0 Å². The van der Waals surface area contributed by atoms with Crippen molar-refractivity contribution < 1.29 is 4.79 Å². The maximum absolute atomic E-state index is 12.9. The number of nitrogens with one attached hydrogen (secondary N) is 1. The Bertz CT molecular complexity index is 971. The summed E-state index contributed by atoms with van der Waals surface area (Å²) in [4.78, 5) is 14.9. The van der Waals surface area contributed by atoms with Gasteiger partial charge in [-0.1, -0.05) is 6.07 Å². The first kappa shape index (κ1) is 17.4. The number of urea groups is 1. The van der Waals surface area contributed by atoms with Gasteiger partial charge < -0.3 is 14.8 Å². The van der Waals surface area contributed by atoms with Gasteiger partial charge in [-0.25, -0.2) is 9.48 Å². The zero-order valence-electron chi connectivity index (χ0n) is 16.0. The van der Waals surface area contributed by atoms with Gasteiger partial charge >= 0.3 is 6.03 Å². The van der Waals surface area contributed by atoms with Crippen molar-refractivity contribution in [3.63, 3.8) is 0 Å². The molecule has 2 aromatic heterocycles. The van der Waals surface area contributed by atoms with E-state index in [-0.39, 0.29) is 12.1 Å². The molecule has 2 amide bonds. The first-order chi connectivity index (χ1) is 13.0. The fraction of sp³-hybridized carbons (Fsp3) is 0.333. The average Bonchev–Trinajstić information content (AvgIpc) is 3.34. The molecule has 1 aliphatic heterocycles. The molecule has 27 heavy (non-hydrogen) atoms. The van der Waals surface area contributed by atoms with Crippen molar-refractivity contribution in [1.29, 1.82) is 0 Å². The minimum absolute atomic E-state index is 0.0517. The summed E-state index contributed by atoms with van der Waals surface area (Å²) >= 11 is 0. The summed E-state index contributed by atoms with van der Waals surface area (Å²) < 4.78 is 3.99. The van der Waals surface area contributed by atoms with Crippen LogP contribution in [0.3, 0.4) is 0 Å². The molecule has 0 bridgehead atoms. The number of amides is 2. The summed E-state index contributed by atoms with van der Waals surface area (Å²) in [5.74, 6) is 0. The van der Waals surface area contributed by atoms with E-state index < -0.39 is 0 Å². The standard InChI is InChI=1S/C21H25N5O/c1-15-13-16(2)26(23-15)18-8-4-7-17(14-18)22-21(27)25-12-6-10-20(25)19-9-5-11-24(19)3/h4-5,7-9,11,13-14,20H,6,10,12H2,1-3H3,(H,22,27). The maximum atomic E-state index is 12.9. The van der Waals surface area contributed by atoms with Gasteiger partial charge in [0.15, 0.2) is 0 Å². The molecule has 1 saturated heterocycles. The van der Waals surface area contributed by atoms with Crippen LogP contribution in [0.15, 0.2) is 48.7 Å². The van der Waals surface area contributed by atoms with Crippen LogP contribution in [-0.2, 0) is 7.05 Å². The van der Waals surface area contributed by atoms with Crippen LogP contribution in [0, 0.1) is 13.8 Å². The molecule has 4 rings (SSSR count). The van der Waals surface area contributed by atoms with Crippen LogP contribution in [0.4, 0.5) is 10.5 Å². The Labute approximate surface area is 159 Å².